The molecule has 0 aliphatic heterocycles. The molecule has 3 nitrogen and oxygen atoms in total. The summed E-state index contributed by atoms with van der Waals surface area (Å²) in [6.07, 6.45) is 2.49. The van der Waals surface area contributed by atoms with Gasteiger partial charge in [0.1, 0.15) is 0 Å². The van der Waals surface area contributed by atoms with Crippen molar-refractivity contribution in [1.82, 2.24) is 9.47 Å². The maximum absolute atomic E-state index is 12.8. The third-order valence-electron chi connectivity index (χ3n) is 5.05. The van der Waals surface area contributed by atoms with Crippen molar-refractivity contribution < 1.29 is 4.79 Å². The van der Waals surface area contributed by atoms with Crippen LogP contribution in [0.5, 0.6) is 0 Å². The molecule has 1 aliphatic carbocycles. The number of likely N-dealkylation sites (N-methyl/N-ethyl adjacent to an activating group) is 1. The molecule has 0 unspecified atom stereocenters. The molecule has 2 aromatic rings. The Hall–Kier alpha value is -1.87. The fourth-order valence-corrected chi connectivity index (χ4v) is 3.65. The van der Waals surface area contributed by atoms with Gasteiger partial charge in [0.05, 0.1) is 6.54 Å². The van der Waals surface area contributed by atoms with E-state index < -0.39 is 0 Å². The van der Waals surface area contributed by atoms with E-state index in [1.165, 1.54) is 35.2 Å². The Bertz CT molecular complexity index is 768. The summed E-state index contributed by atoms with van der Waals surface area (Å²) in [5.41, 5.74) is 7.12. The van der Waals surface area contributed by atoms with Crippen molar-refractivity contribution in [1.29, 1.82) is 0 Å². The van der Waals surface area contributed by atoms with E-state index in [9.17, 15) is 4.79 Å². The second-order valence-electron chi connectivity index (χ2n) is 7.41. The van der Waals surface area contributed by atoms with Crippen molar-refractivity contribution in [3.63, 3.8) is 0 Å². The van der Waals surface area contributed by atoms with Crippen LogP contribution in [0.3, 0.4) is 0 Å². The average molecular weight is 324 g/mol. The Labute approximate surface area is 145 Å². The van der Waals surface area contributed by atoms with Gasteiger partial charge in [-0.25, -0.2) is 0 Å². The number of aromatic nitrogens is 1. The molecule has 0 N–H and O–H groups in total. The third kappa shape index (κ3) is 3.46. The van der Waals surface area contributed by atoms with Crippen LogP contribution in [0, 0.1) is 27.7 Å². The molecule has 0 bridgehead atoms. The average Bonchev–Trinajstić information content (AvgIpc) is 3.28. The Morgan fingerprint density at radius 3 is 2.50 bits per heavy atom. The lowest BCUT2D eigenvalue weighted by atomic mass is 10.1. The van der Waals surface area contributed by atoms with Crippen LogP contribution in [0.15, 0.2) is 24.3 Å². The zero-order valence-electron chi connectivity index (χ0n) is 15.5. The van der Waals surface area contributed by atoms with Gasteiger partial charge in [-0.2, -0.15) is 0 Å². The smallest absolute Gasteiger partial charge is 0.178 e. The number of ketones is 1. The van der Waals surface area contributed by atoms with Crippen LogP contribution in [0.25, 0.3) is 0 Å². The van der Waals surface area contributed by atoms with Crippen LogP contribution >= 0.6 is 0 Å². The molecule has 0 spiro atoms. The van der Waals surface area contributed by atoms with Gasteiger partial charge in [-0.1, -0.05) is 23.8 Å². The molecule has 0 atom stereocenters. The van der Waals surface area contributed by atoms with Crippen molar-refractivity contribution in [2.45, 2.75) is 53.1 Å². The maximum atomic E-state index is 12.8. The fourth-order valence-electron chi connectivity index (χ4n) is 3.65. The molecule has 24 heavy (non-hydrogen) atoms. The lowest BCUT2D eigenvalue weighted by Gasteiger charge is -2.17. The molecular formula is C21H28N2O. The summed E-state index contributed by atoms with van der Waals surface area (Å²) in [6.45, 7) is 9.71. The highest BCUT2D eigenvalue weighted by atomic mass is 16.1. The summed E-state index contributed by atoms with van der Waals surface area (Å²) in [4.78, 5) is 14.9. The molecule has 0 amide bonds. The molecule has 1 heterocycles. The Balaban J connectivity index is 1.69. The Kier molecular flexibility index (Phi) is 4.64. The number of carbonyl (C=O) groups excluding carboxylic acids is 1. The molecule has 1 aromatic carbocycles. The van der Waals surface area contributed by atoms with Gasteiger partial charge < -0.3 is 4.57 Å². The van der Waals surface area contributed by atoms with Crippen LogP contribution in [0.2, 0.25) is 0 Å². The number of aryl methyl sites for hydroxylation is 3. The third-order valence-corrected chi connectivity index (χ3v) is 5.05. The van der Waals surface area contributed by atoms with Crippen molar-refractivity contribution in [3.8, 4) is 0 Å². The van der Waals surface area contributed by atoms with E-state index in [2.05, 4.69) is 61.4 Å². The van der Waals surface area contributed by atoms with E-state index in [-0.39, 0.29) is 5.78 Å². The fraction of sp³-hybridized carbons (Fsp3) is 0.476. The van der Waals surface area contributed by atoms with Gasteiger partial charge in [0, 0.05) is 29.5 Å². The molecule has 0 saturated heterocycles. The Morgan fingerprint density at radius 2 is 1.88 bits per heavy atom. The SMILES string of the molecule is Cc1ccc(CN(C)CC(=O)c2cc(C)n(C3CC3)c2C)c(C)c1. The molecule has 3 rings (SSSR count). The molecule has 3 heteroatoms. The summed E-state index contributed by atoms with van der Waals surface area (Å²) in [7, 11) is 2.03. The largest absolute Gasteiger partial charge is 0.345 e. The first-order valence-electron chi connectivity index (χ1n) is 8.83. The zero-order valence-corrected chi connectivity index (χ0v) is 15.5. The van der Waals surface area contributed by atoms with Gasteiger partial charge >= 0.3 is 0 Å². The summed E-state index contributed by atoms with van der Waals surface area (Å²) >= 11 is 0. The van der Waals surface area contributed by atoms with Crippen LogP contribution in [0.4, 0.5) is 0 Å². The molecule has 1 aliphatic rings. The van der Waals surface area contributed by atoms with Crippen LogP contribution < -0.4 is 0 Å². The number of carbonyl (C=O) groups is 1. The van der Waals surface area contributed by atoms with Crippen LogP contribution in [-0.4, -0.2) is 28.8 Å². The normalized spacial score (nSPS) is 14.4. The van der Waals surface area contributed by atoms with Gasteiger partial charge in [0.25, 0.3) is 0 Å². The van der Waals surface area contributed by atoms with Gasteiger partial charge in [-0.15, -0.1) is 0 Å². The highest BCUT2D eigenvalue weighted by molar-refractivity contribution is 5.99. The van der Waals surface area contributed by atoms with E-state index in [4.69, 9.17) is 0 Å². The first-order chi connectivity index (χ1) is 11.4. The van der Waals surface area contributed by atoms with Crippen molar-refractivity contribution in [2.75, 3.05) is 13.6 Å². The van der Waals surface area contributed by atoms with E-state index >= 15 is 0 Å². The second kappa shape index (κ2) is 6.56. The number of nitrogens with zero attached hydrogens (tertiary/aromatic N) is 2. The molecular weight excluding hydrogens is 296 g/mol. The highest BCUT2D eigenvalue weighted by Gasteiger charge is 2.28. The van der Waals surface area contributed by atoms with E-state index in [1.54, 1.807) is 0 Å². The van der Waals surface area contributed by atoms with E-state index in [0.29, 0.717) is 12.6 Å². The quantitative estimate of drug-likeness (QED) is 0.737. The molecule has 1 fully saturated rings. The second-order valence-corrected chi connectivity index (χ2v) is 7.41. The first kappa shape index (κ1) is 17.0. The predicted octanol–water partition coefficient (Wildman–Crippen LogP) is 4.37. The first-order valence-corrected chi connectivity index (χ1v) is 8.83. The van der Waals surface area contributed by atoms with Crippen LogP contribution in [-0.2, 0) is 6.54 Å². The van der Waals surface area contributed by atoms with E-state index in [1.807, 2.05) is 7.05 Å². The topological polar surface area (TPSA) is 25.2 Å². The lowest BCUT2D eigenvalue weighted by Crippen LogP contribution is -2.26. The minimum absolute atomic E-state index is 0.224. The summed E-state index contributed by atoms with van der Waals surface area (Å²) in [5, 5.41) is 0. The zero-order chi connectivity index (χ0) is 17.4. The van der Waals surface area contributed by atoms with E-state index in [0.717, 1.165) is 17.8 Å². The van der Waals surface area contributed by atoms with Gasteiger partial charge in [0.15, 0.2) is 5.78 Å². The van der Waals surface area contributed by atoms with Gasteiger partial charge in [0.2, 0.25) is 0 Å². The highest BCUT2D eigenvalue weighted by Crippen LogP contribution is 2.38. The number of rotatable bonds is 6. The summed E-state index contributed by atoms with van der Waals surface area (Å²) in [6, 6.07) is 9.21. The monoisotopic (exact) mass is 324 g/mol. The lowest BCUT2D eigenvalue weighted by molar-refractivity contribution is 0.0942. The molecule has 128 valence electrons. The van der Waals surface area contributed by atoms with Crippen molar-refractivity contribution in [2.24, 2.45) is 0 Å². The van der Waals surface area contributed by atoms with Crippen molar-refractivity contribution >= 4 is 5.78 Å². The molecule has 1 aromatic heterocycles. The minimum Gasteiger partial charge on any atom is -0.345 e. The standard InChI is InChI=1S/C21H28N2O/c1-14-6-7-18(15(2)10-14)12-22(5)13-21(24)20-11-16(3)23(17(20)4)19-8-9-19/h6-7,10-11,19H,8-9,12-13H2,1-5H3. The number of Topliss-reactive ketones (excluding diaryl/α,β-unsaturated/α-hetero) is 1. The van der Waals surface area contributed by atoms with Crippen molar-refractivity contribution in [3.05, 3.63) is 57.9 Å². The number of hydrogen-bond donors (Lipinski definition) is 0. The van der Waals surface area contributed by atoms with Gasteiger partial charge in [-0.05, 0) is 64.8 Å². The van der Waals surface area contributed by atoms with Gasteiger partial charge in [-0.3, -0.25) is 9.69 Å². The predicted molar refractivity (Wildman–Crippen MR) is 98.8 cm³/mol. The number of benzene rings is 1. The number of hydrogen-bond acceptors (Lipinski definition) is 2. The molecule has 1 saturated carbocycles. The Morgan fingerprint density at radius 1 is 1.17 bits per heavy atom. The summed E-state index contributed by atoms with van der Waals surface area (Å²) in [5.74, 6) is 0.224. The summed E-state index contributed by atoms with van der Waals surface area (Å²) < 4.78 is 2.34. The minimum atomic E-state index is 0.224. The maximum Gasteiger partial charge on any atom is 0.178 e. The molecule has 0 radical (unpaired) electrons. The van der Waals surface area contributed by atoms with Crippen LogP contribution in [0.1, 0.15) is 57.3 Å².